The molecule has 66 valence electrons. The molecule has 0 unspecified atom stereocenters. The summed E-state index contributed by atoms with van der Waals surface area (Å²) >= 11 is 5.68. The van der Waals surface area contributed by atoms with E-state index in [4.69, 9.17) is 23.1 Å². The van der Waals surface area contributed by atoms with Crippen molar-refractivity contribution >= 4 is 23.4 Å². The van der Waals surface area contributed by atoms with Crippen molar-refractivity contribution in [3.63, 3.8) is 0 Å². The minimum absolute atomic E-state index is 0.0231. The van der Waals surface area contributed by atoms with Crippen LogP contribution in [0.5, 0.6) is 0 Å². The summed E-state index contributed by atoms with van der Waals surface area (Å²) in [4.78, 5) is 3.62. The second kappa shape index (κ2) is 3.02. The highest BCUT2D eigenvalue weighted by Gasteiger charge is 2.13. The van der Waals surface area contributed by atoms with Gasteiger partial charge in [0.15, 0.2) is 11.0 Å². The lowest BCUT2D eigenvalue weighted by molar-refractivity contribution is -0.577. The molecular weight excluding hydrogens is 180 g/mol. The average Bonchev–Trinajstić information content (AvgIpc) is 2.01. The van der Waals surface area contributed by atoms with E-state index in [1.165, 1.54) is 0 Å². The molecule has 0 saturated carbocycles. The minimum atomic E-state index is -0.227. The Hall–Kier alpha value is -1.23. The number of nitrogens with zero attached hydrogens (tertiary/aromatic N) is 2. The van der Waals surface area contributed by atoms with Gasteiger partial charge in [0.05, 0.1) is 5.56 Å². The van der Waals surface area contributed by atoms with E-state index < -0.39 is 0 Å². The number of nitrogens with two attached hydrogens (primary N) is 2. The summed E-state index contributed by atoms with van der Waals surface area (Å²) in [6.45, 7) is 1.83. The van der Waals surface area contributed by atoms with Gasteiger partial charge in [-0.2, -0.15) is 0 Å². The molecule has 0 radical (unpaired) electrons. The zero-order chi connectivity index (χ0) is 9.30. The summed E-state index contributed by atoms with van der Waals surface area (Å²) in [5.41, 5.74) is 11.2. The third-order valence-corrected chi connectivity index (χ3v) is 1.86. The van der Waals surface area contributed by atoms with E-state index in [1.54, 1.807) is 0 Å². The molecule has 1 heterocycles. The van der Waals surface area contributed by atoms with Crippen LogP contribution < -0.4 is 16.2 Å². The second-order valence-electron chi connectivity index (χ2n) is 2.27. The maximum atomic E-state index is 11.0. The van der Waals surface area contributed by atoms with Crippen molar-refractivity contribution in [2.45, 2.75) is 13.3 Å². The van der Waals surface area contributed by atoms with Crippen LogP contribution >= 0.6 is 11.6 Å². The van der Waals surface area contributed by atoms with Gasteiger partial charge in [0.25, 0.3) is 0 Å². The molecular formula is C6H9ClN4O. The number of rotatable bonds is 1. The van der Waals surface area contributed by atoms with Gasteiger partial charge >= 0.3 is 5.95 Å². The largest absolute Gasteiger partial charge is 0.754 e. The summed E-state index contributed by atoms with van der Waals surface area (Å²) in [5.74, 6) is -0.204. The van der Waals surface area contributed by atoms with Gasteiger partial charge in [-0.3, -0.25) is 0 Å². The molecule has 4 N–H and O–H groups in total. The van der Waals surface area contributed by atoms with E-state index in [0.717, 1.165) is 0 Å². The lowest BCUT2D eigenvalue weighted by atomic mass is 10.2. The predicted molar refractivity (Wildman–Crippen MR) is 46.4 cm³/mol. The molecule has 0 saturated heterocycles. The third-order valence-electron chi connectivity index (χ3n) is 1.55. The van der Waals surface area contributed by atoms with Crippen LogP contribution in [0.1, 0.15) is 12.5 Å². The van der Waals surface area contributed by atoms with E-state index in [0.29, 0.717) is 16.7 Å². The van der Waals surface area contributed by atoms with Gasteiger partial charge in [0.1, 0.15) is 0 Å². The minimum Gasteiger partial charge on any atom is -0.754 e. The second-order valence-corrected chi connectivity index (χ2v) is 2.63. The van der Waals surface area contributed by atoms with Crippen LogP contribution in [0.15, 0.2) is 0 Å². The average molecular weight is 189 g/mol. The van der Waals surface area contributed by atoms with Crippen LogP contribution in [0.25, 0.3) is 0 Å². The topological polar surface area (TPSA) is 91.9 Å². The van der Waals surface area contributed by atoms with E-state index in [9.17, 15) is 5.21 Å². The van der Waals surface area contributed by atoms with Gasteiger partial charge in [-0.05, 0) is 18.0 Å². The van der Waals surface area contributed by atoms with Crippen molar-refractivity contribution in [1.82, 2.24) is 4.98 Å². The maximum absolute atomic E-state index is 11.0. The molecule has 0 spiro atoms. The van der Waals surface area contributed by atoms with Gasteiger partial charge in [-0.1, -0.05) is 11.9 Å². The van der Waals surface area contributed by atoms with E-state index >= 15 is 0 Å². The Morgan fingerprint density at radius 1 is 1.58 bits per heavy atom. The molecule has 12 heavy (non-hydrogen) atoms. The van der Waals surface area contributed by atoms with Gasteiger partial charge < -0.3 is 16.7 Å². The number of hydrogen-bond donors (Lipinski definition) is 2. The molecule has 0 aliphatic heterocycles. The molecule has 0 aliphatic rings. The molecule has 0 amide bonds. The first kappa shape index (κ1) is 8.86. The number of aromatic nitrogens is 2. The number of hydrogen-bond acceptors (Lipinski definition) is 4. The van der Waals surface area contributed by atoms with Crippen molar-refractivity contribution in [2.75, 3.05) is 11.5 Å². The van der Waals surface area contributed by atoms with Gasteiger partial charge in [-0.15, -0.1) is 0 Å². The van der Waals surface area contributed by atoms with Crippen LogP contribution in [0, 0.1) is 5.21 Å². The Morgan fingerprint density at radius 2 is 2.17 bits per heavy atom. The third kappa shape index (κ3) is 1.23. The number of anilines is 2. The Morgan fingerprint density at radius 3 is 2.67 bits per heavy atom. The maximum Gasteiger partial charge on any atom is 0.345 e. The smallest absolute Gasteiger partial charge is 0.345 e. The summed E-state index contributed by atoms with van der Waals surface area (Å²) in [6.07, 6.45) is 0.556. The lowest BCUT2D eigenvalue weighted by Crippen LogP contribution is -2.36. The molecule has 0 aromatic carbocycles. The van der Waals surface area contributed by atoms with E-state index in [-0.39, 0.29) is 16.9 Å². The molecule has 1 aromatic heterocycles. The molecule has 6 heteroatoms. The molecule has 1 aromatic rings. The monoisotopic (exact) mass is 188 g/mol. The van der Waals surface area contributed by atoms with E-state index in [2.05, 4.69) is 4.98 Å². The molecule has 0 atom stereocenters. The fourth-order valence-electron chi connectivity index (χ4n) is 0.892. The van der Waals surface area contributed by atoms with Crippen molar-refractivity contribution < 1.29 is 4.73 Å². The summed E-state index contributed by atoms with van der Waals surface area (Å²) in [7, 11) is 0. The molecule has 0 aliphatic carbocycles. The Kier molecular flexibility index (Phi) is 2.23. The molecule has 1 rings (SSSR count). The van der Waals surface area contributed by atoms with Crippen molar-refractivity contribution in [1.29, 1.82) is 0 Å². The van der Waals surface area contributed by atoms with Crippen molar-refractivity contribution in [3.05, 3.63) is 15.9 Å². The van der Waals surface area contributed by atoms with Crippen molar-refractivity contribution in [2.24, 2.45) is 0 Å². The highest BCUT2D eigenvalue weighted by atomic mass is 35.5. The summed E-state index contributed by atoms with van der Waals surface area (Å²) in [5, 5.41) is 11.2. The lowest BCUT2D eigenvalue weighted by Gasteiger charge is -2.12. The highest BCUT2D eigenvalue weighted by Crippen LogP contribution is 2.17. The van der Waals surface area contributed by atoms with Crippen LogP contribution in [-0.4, -0.2) is 4.98 Å². The molecule has 5 nitrogen and oxygen atoms in total. The van der Waals surface area contributed by atoms with Crippen molar-refractivity contribution in [3.8, 4) is 0 Å². The van der Waals surface area contributed by atoms with Gasteiger partial charge in [0, 0.05) is 0 Å². The number of nitrogen functional groups attached to an aromatic ring is 2. The molecule has 0 bridgehead atoms. The van der Waals surface area contributed by atoms with Crippen LogP contribution in [0.3, 0.4) is 0 Å². The first-order chi connectivity index (χ1) is 5.57. The fourth-order valence-corrected chi connectivity index (χ4v) is 1.21. The zero-order valence-electron chi connectivity index (χ0n) is 6.54. The summed E-state index contributed by atoms with van der Waals surface area (Å²) < 4.78 is 0.366. The fraction of sp³-hybridized carbons (Fsp3) is 0.333. The van der Waals surface area contributed by atoms with E-state index in [1.807, 2.05) is 6.92 Å². The SMILES string of the molecule is CCc1c(Cl)nc(N)[n+]([O-])c1N. The summed E-state index contributed by atoms with van der Waals surface area (Å²) in [6, 6.07) is 0. The standard InChI is InChI=1S/C6H9ClN4O/c1-2-3-4(7)10-6(9)11(12)5(3)8/h2,8H2,1H3,(H2,9,10). The van der Waals surface area contributed by atoms with Crippen LogP contribution in [0.4, 0.5) is 11.8 Å². The van der Waals surface area contributed by atoms with Crippen LogP contribution in [0.2, 0.25) is 5.15 Å². The van der Waals surface area contributed by atoms with Gasteiger partial charge in [-0.25, -0.2) is 4.73 Å². The molecule has 0 fully saturated rings. The number of halogens is 1. The normalized spacial score (nSPS) is 10.2. The Labute approximate surface area is 74.5 Å². The Balaban J connectivity index is 3.40. The first-order valence-electron chi connectivity index (χ1n) is 3.40. The van der Waals surface area contributed by atoms with Crippen LogP contribution in [-0.2, 0) is 6.42 Å². The zero-order valence-corrected chi connectivity index (χ0v) is 7.30. The highest BCUT2D eigenvalue weighted by molar-refractivity contribution is 6.30. The predicted octanol–water partition coefficient (Wildman–Crippen LogP) is 0.0952. The van der Waals surface area contributed by atoms with Gasteiger partial charge in [0.2, 0.25) is 0 Å². The Bertz CT molecular complexity index is 315. The quantitative estimate of drug-likeness (QED) is 0.371. The first-order valence-corrected chi connectivity index (χ1v) is 3.78.